The molecule has 0 aliphatic rings. The van der Waals surface area contributed by atoms with E-state index in [1.165, 1.54) is 12.3 Å². The third-order valence-electron chi connectivity index (χ3n) is 2.35. The molecule has 1 aromatic carbocycles. The number of nitrogens with zero attached hydrogens (tertiary/aromatic N) is 2. The lowest BCUT2D eigenvalue weighted by Crippen LogP contribution is -2.13. The second-order valence-electron chi connectivity index (χ2n) is 3.72. The topological polar surface area (TPSA) is 75.1 Å². The first kappa shape index (κ1) is 14.0. The van der Waals surface area contributed by atoms with Gasteiger partial charge in [-0.1, -0.05) is 23.4 Å². The van der Waals surface area contributed by atoms with Crippen LogP contribution in [0.25, 0.3) is 0 Å². The fraction of sp³-hybridized carbons (Fsp3) is 0.0714. The molecule has 2 N–H and O–H groups in total. The van der Waals surface area contributed by atoms with E-state index in [-0.39, 0.29) is 12.5 Å². The Kier molecular flexibility index (Phi) is 4.66. The Morgan fingerprint density at radius 1 is 1.40 bits per heavy atom. The van der Waals surface area contributed by atoms with Gasteiger partial charge in [0.05, 0.1) is 5.02 Å². The molecule has 2 rings (SSSR count). The molecule has 1 heterocycles. The van der Waals surface area contributed by atoms with Crippen molar-refractivity contribution in [1.29, 1.82) is 0 Å². The molecular formula is C14H10ClN3O2. The molecular weight excluding hydrogens is 278 g/mol. The first-order chi connectivity index (χ1) is 9.70. The standard InChI is InChI=1S/C14H10ClN3O2/c15-12-9-11(6-5-10(12)3-2-8-19)14(20)17-13-4-1-7-16-18-13/h1,4-7,9,19H,8H2,(H,17,18,20). The van der Waals surface area contributed by atoms with Crippen LogP contribution >= 0.6 is 11.6 Å². The molecule has 20 heavy (non-hydrogen) atoms. The van der Waals surface area contributed by atoms with E-state index in [1.54, 1.807) is 24.3 Å². The highest BCUT2D eigenvalue weighted by Gasteiger charge is 2.09. The molecule has 6 heteroatoms. The molecule has 100 valence electrons. The van der Waals surface area contributed by atoms with Gasteiger partial charge in [0, 0.05) is 17.3 Å². The van der Waals surface area contributed by atoms with Gasteiger partial charge in [-0.2, -0.15) is 5.10 Å². The first-order valence-electron chi connectivity index (χ1n) is 5.69. The van der Waals surface area contributed by atoms with Crippen molar-refractivity contribution in [2.24, 2.45) is 0 Å². The Bertz CT molecular complexity index is 678. The van der Waals surface area contributed by atoms with E-state index >= 15 is 0 Å². The summed E-state index contributed by atoms with van der Waals surface area (Å²) in [7, 11) is 0. The highest BCUT2D eigenvalue weighted by molar-refractivity contribution is 6.32. The smallest absolute Gasteiger partial charge is 0.256 e. The lowest BCUT2D eigenvalue weighted by atomic mass is 10.1. The molecule has 2 aromatic rings. The van der Waals surface area contributed by atoms with Gasteiger partial charge in [-0.3, -0.25) is 4.79 Å². The zero-order valence-electron chi connectivity index (χ0n) is 10.3. The average Bonchev–Trinajstić information content (AvgIpc) is 2.47. The number of nitrogens with one attached hydrogen (secondary N) is 1. The van der Waals surface area contributed by atoms with Crippen LogP contribution in [0.4, 0.5) is 5.82 Å². The first-order valence-corrected chi connectivity index (χ1v) is 6.07. The van der Waals surface area contributed by atoms with Gasteiger partial charge in [0.15, 0.2) is 5.82 Å². The fourth-order valence-corrected chi connectivity index (χ4v) is 1.68. The second-order valence-corrected chi connectivity index (χ2v) is 4.12. The van der Waals surface area contributed by atoms with E-state index in [4.69, 9.17) is 16.7 Å². The van der Waals surface area contributed by atoms with Gasteiger partial charge < -0.3 is 10.4 Å². The average molecular weight is 288 g/mol. The molecule has 5 nitrogen and oxygen atoms in total. The Hall–Kier alpha value is -2.42. The molecule has 0 unspecified atom stereocenters. The number of rotatable bonds is 2. The number of hydrogen-bond donors (Lipinski definition) is 2. The summed E-state index contributed by atoms with van der Waals surface area (Å²) in [4.78, 5) is 12.0. The summed E-state index contributed by atoms with van der Waals surface area (Å²) in [5.41, 5.74) is 0.937. The van der Waals surface area contributed by atoms with E-state index < -0.39 is 0 Å². The van der Waals surface area contributed by atoms with Crippen molar-refractivity contribution >= 4 is 23.3 Å². The van der Waals surface area contributed by atoms with Crippen molar-refractivity contribution in [2.45, 2.75) is 0 Å². The fourth-order valence-electron chi connectivity index (χ4n) is 1.45. The van der Waals surface area contributed by atoms with Crippen LogP contribution in [-0.4, -0.2) is 27.8 Å². The van der Waals surface area contributed by atoms with E-state index in [9.17, 15) is 4.79 Å². The minimum atomic E-state index is -0.339. The molecule has 0 radical (unpaired) electrons. The number of halogens is 1. The predicted molar refractivity (Wildman–Crippen MR) is 75.4 cm³/mol. The summed E-state index contributed by atoms with van der Waals surface area (Å²) in [5, 5.41) is 19.0. The minimum absolute atomic E-state index is 0.245. The molecule has 0 spiro atoms. The van der Waals surface area contributed by atoms with Crippen LogP contribution in [0.15, 0.2) is 36.5 Å². The number of carbonyl (C=O) groups is 1. The van der Waals surface area contributed by atoms with Crippen molar-refractivity contribution in [2.75, 3.05) is 11.9 Å². The normalized spacial score (nSPS) is 9.50. The molecule has 0 saturated heterocycles. The number of anilines is 1. The van der Waals surface area contributed by atoms with Crippen LogP contribution in [0.5, 0.6) is 0 Å². The Balaban J connectivity index is 2.17. The maximum atomic E-state index is 12.0. The van der Waals surface area contributed by atoms with E-state index in [0.717, 1.165) is 0 Å². The third-order valence-corrected chi connectivity index (χ3v) is 2.66. The number of aliphatic hydroxyl groups excluding tert-OH is 1. The van der Waals surface area contributed by atoms with Gasteiger partial charge in [0.2, 0.25) is 0 Å². The largest absolute Gasteiger partial charge is 0.384 e. The van der Waals surface area contributed by atoms with Crippen LogP contribution < -0.4 is 5.32 Å². The van der Waals surface area contributed by atoms with E-state index in [0.29, 0.717) is 22.0 Å². The molecule has 0 atom stereocenters. The lowest BCUT2D eigenvalue weighted by molar-refractivity contribution is 0.102. The van der Waals surface area contributed by atoms with Gasteiger partial charge in [-0.15, -0.1) is 5.10 Å². The highest BCUT2D eigenvalue weighted by atomic mass is 35.5. The lowest BCUT2D eigenvalue weighted by Gasteiger charge is -2.04. The number of carbonyl (C=O) groups excluding carboxylic acids is 1. The summed E-state index contributed by atoms with van der Waals surface area (Å²) < 4.78 is 0. The zero-order chi connectivity index (χ0) is 14.4. The third kappa shape index (κ3) is 3.54. The summed E-state index contributed by atoms with van der Waals surface area (Å²) in [6.07, 6.45) is 1.52. The highest BCUT2D eigenvalue weighted by Crippen LogP contribution is 2.17. The molecule has 1 amide bonds. The van der Waals surface area contributed by atoms with Gasteiger partial charge in [-0.05, 0) is 30.3 Å². The Morgan fingerprint density at radius 3 is 2.90 bits per heavy atom. The number of aromatic nitrogens is 2. The summed E-state index contributed by atoms with van der Waals surface area (Å²) in [6.45, 7) is -0.245. The summed E-state index contributed by atoms with van der Waals surface area (Å²) in [5.74, 6) is 5.21. The van der Waals surface area contributed by atoms with Crippen molar-refractivity contribution in [1.82, 2.24) is 10.2 Å². The van der Waals surface area contributed by atoms with Crippen LogP contribution in [0.1, 0.15) is 15.9 Å². The van der Waals surface area contributed by atoms with Gasteiger partial charge in [0.1, 0.15) is 6.61 Å². The molecule has 0 aliphatic heterocycles. The molecule has 0 aliphatic carbocycles. The second kappa shape index (κ2) is 6.66. The van der Waals surface area contributed by atoms with Gasteiger partial charge >= 0.3 is 0 Å². The number of amides is 1. The van der Waals surface area contributed by atoms with E-state index in [2.05, 4.69) is 27.4 Å². The van der Waals surface area contributed by atoms with Gasteiger partial charge in [0.25, 0.3) is 5.91 Å². The minimum Gasteiger partial charge on any atom is -0.384 e. The van der Waals surface area contributed by atoms with Crippen LogP contribution in [0, 0.1) is 11.8 Å². The van der Waals surface area contributed by atoms with Crippen molar-refractivity contribution < 1.29 is 9.90 Å². The van der Waals surface area contributed by atoms with E-state index in [1.807, 2.05) is 0 Å². The summed E-state index contributed by atoms with van der Waals surface area (Å²) >= 11 is 6.02. The van der Waals surface area contributed by atoms with Crippen LogP contribution in [0.2, 0.25) is 5.02 Å². The Morgan fingerprint density at radius 2 is 2.25 bits per heavy atom. The van der Waals surface area contributed by atoms with Crippen LogP contribution in [-0.2, 0) is 0 Å². The maximum Gasteiger partial charge on any atom is 0.256 e. The molecule has 0 saturated carbocycles. The van der Waals surface area contributed by atoms with Crippen molar-refractivity contribution in [3.63, 3.8) is 0 Å². The SMILES string of the molecule is O=C(Nc1cccnn1)c1ccc(C#CCO)c(Cl)c1. The molecule has 0 bridgehead atoms. The predicted octanol–water partition coefficient (Wildman–Crippen LogP) is 1.73. The Labute approximate surface area is 120 Å². The van der Waals surface area contributed by atoms with Crippen molar-refractivity contribution in [3.05, 3.63) is 52.7 Å². The van der Waals surface area contributed by atoms with Crippen molar-refractivity contribution in [3.8, 4) is 11.8 Å². The number of hydrogen-bond acceptors (Lipinski definition) is 4. The molecule has 0 fully saturated rings. The number of benzene rings is 1. The van der Waals surface area contributed by atoms with Crippen LogP contribution in [0.3, 0.4) is 0 Å². The molecule has 1 aromatic heterocycles. The zero-order valence-corrected chi connectivity index (χ0v) is 11.1. The van der Waals surface area contributed by atoms with Gasteiger partial charge in [-0.25, -0.2) is 0 Å². The summed E-state index contributed by atoms with van der Waals surface area (Å²) in [6, 6.07) is 8.03. The number of aliphatic hydroxyl groups is 1. The maximum absolute atomic E-state index is 12.0. The quantitative estimate of drug-likeness (QED) is 0.825. The monoisotopic (exact) mass is 287 g/mol.